The quantitative estimate of drug-likeness (QED) is 0.496. The Morgan fingerprint density at radius 2 is 1.77 bits per heavy atom. The molecule has 3 amide bonds. The predicted octanol–water partition coefficient (Wildman–Crippen LogP) is 3.02. The summed E-state index contributed by atoms with van der Waals surface area (Å²) in [6, 6.07) is 12.6. The first-order valence-corrected chi connectivity index (χ1v) is 12.4. The number of halogens is 2. The van der Waals surface area contributed by atoms with E-state index in [1.807, 2.05) is 23.1 Å². The molecule has 1 aromatic heterocycles. The van der Waals surface area contributed by atoms with E-state index in [1.165, 1.54) is 0 Å². The molecule has 184 valence electrons. The number of fused-ring (bicyclic) bond motifs is 1. The number of aromatic nitrogens is 2. The van der Waals surface area contributed by atoms with E-state index in [9.17, 15) is 9.59 Å². The summed E-state index contributed by atoms with van der Waals surface area (Å²) >= 11 is 12.0. The highest BCUT2D eigenvalue weighted by atomic mass is 35.5. The van der Waals surface area contributed by atoms with Crippen LogP contribution in [-0.2, 0) is 11.3 Å². The van der Waals surface area contributed by atoms with Gasteiger partial charge in [-0.1, -0.05) is 41.4 Å². The molecule has 3 N–H and O–H groups in total. The van der Waals surface area contributed by atoms with Crippen LogP contribution in [0, 0.1) is 0 Å². The van der Waals surface area contributed by atoms with Crippen LogP contribution in [0.15, 0.2) is 42.5 Å². The van der Waals surface area contributed by atoms with E-state index in [4.69, 9.17) is 23.2 Å². The summed E-state index contributed by atoms with van der Waals surface area (Å²) in [5, 5.41) is 15.7. The van der Waals surface area contributed by atoms with Crippen molar-refractivity contribution in [2.45, 2.75) is 12.6 Å². The van der Waals surface area contributed by atoms with Crippen molar-refractivity contribution in [1.82, 2.24) is 30.2 Å². The van der Waals surface area contributed by atoms with Gasteiger partial charge < -0.3 is 20.4 Å². The molecule has 3 heterocycles. The van der Waals surface area contributed by atoms with Gasteiger partial charge in [0.15, 0.2) is 0 Å². The second kappa shape index (κ2) is 10.4. The van der Waals surface area contributed by atoms with Crippen molar-refractivity contribution < 1.29 is 9.59 Å². The zero-order valence-electron chi connectivity index (χ0n) is 19.1. The Morgan fingerprint density at radius 1 is 1.00 bits per heavy atom. The highest BCUT2D eigenvalue weighted by Gasteiger charge is 2.32. The number of rotatable bonds is 4. The number of aromatic amines is 1. The molecule has 1 atom stereocenters. The number of nitrogens with zero attached hydrogens (tertiary/aromatic N) is 4. The maximum atomic E-state index is 13.2. The van der Waals surface area contributed by atoms with Crippen LogP contribution in [0.2, 0.25) is 10.0 Å². The Balaban J connectivity index is 1.13. The SMILES string of the molecule is O=C(Nc1ccc(Cl)c(Cl)c1)N1CCN(C(=O)[C@H]2CN(Cc3n[nH]c4ccccc34)CCN2)CC1. The van der Waals surface area contributed by atoms with Crippen LogP contribution in [0.25, 0.3) is 10.9 Å². The smallest absolute Gasteiger partial charge is 0.321 e. The molecule has 2 aromatic carbocycles. The highest BCUT2D eigenvalue weighted by Crippen LogP contribution is 2.25. The second-order valence-electron chi connectivity index (χ2n) is 8.83. The normalized spacial score (nSPS) is 19.2. The summed E-state index contributed by atoms with van der Waals surface area (Å²) in [6.07, 6.45) is 0. The Kier molecular flexibility index (Phi) is 7.10. The summed E-state index contributed by atoms with van der Waals surface area (Å²) in [4.78, 5) is 31.7. The van der Waals surface area contributed by atoms with Crippen LogP contribution in [-0.4, -0.2) is 88.7 Å². The lowest BCUT2D eigenvalue weighted by Crippen LogP contribution is -2.60. The van der Waals surface area contributed by atoms with Gasteiger partial charge in [0.2, 0.25) is 5.91 Å². The number of hydrogen-bond donors (Lipinski definition) is 3. The zero-order valence-corrected chi connectivity index (χ0v) is 20.6. The zero-order chi connectivity index (χ0) is 24.4. The third-order valence-corrected chi connectivity index (χ3v) is 7.27. The predicted molar refractivity (Wildman–Crippen MR) is 137 cm³/mol. The number of para-hydroxylation sites is 1. The maximum Gasteiger partial charge on any atom is 0.321 e. The monoisotopic (exact) mass is 515 g/mol. The molecule has 0 bridgehead atoms. The third-order valence-electron chi connectivity index (χ3n) is 6.53. The van der Waals surface area contributed by atoms with Gasteiger partial charge in [0.05, 0.1) is 27.3 Å². The van der Waals surface area contributed by atoms with Crippen molar-refractivity contribution in [2.24, 2.45) is 0 Å². The Hall–Kier alpha value is -2.85. The molecule has 3 aromatic rings. The van der Waals surface area contributed by atoms with Gasteiger partial charge in [-0.3, -0.25) is 14.8 Å². The highest BCUT2D eigenvalue weighted by molar-refractivity contribution is 6.42. The molecule has 0 spiro atoms. The standard InChI is InChI=1S/C24H27Cl2N7O2/c25-18-6-5-16(13-19(18)26)28-24(35)33-11-9-32(10-12-33)23(34)22-15-31(8-7-27-22)14-21-17-3-1-2-4-20(17)29-30-21/h1-6,13,22,27H,7-12,14-15H2,(H,28,35)(H,29,30)/t22-/m1/s1. The van der Waals surface area contributed by atoms with Gasteiger partial charge in [-0.15, -0.1) is 0 Å². The summed E-state index contributed by atoms with van der Waals surface area (Å²) in [5.41, 5.74) is 2.60. The van der Waals surface area contributed by atoms with Crippen molar-refractivity contribution in [1.29, 1.82) is 0 Å². The number of carbonyl (C=O) groups excluding carboxylic acids is 2. The number of carbonyl (C=O) groups is 2. The number of nitrogens with one attached hydrogen (secondary N) is 3. The lowest BCUT2D eigenvalue weighted by atomic mass is 10.1. The molecule has 0 saturated carbocycles. The fourth-order valence-corrected chi connectivity index (χ4v) is 4.90. The topological polar surface area (TPSA) is 96.6 Å². The second-order valence-corrected chi connectivity index (χ2v) is 9.64. The average molecular weight is 516 g/mol. The van der Waals surface area contributed by atoms with Crippen molar-refractivity contribution in [2.75, 3.05) is 51.1 Å². The van der Waals surface area contributed by atoms with E-state index in [-0.39, 0.29) is 18.0 Å². The number of piperazine rings is 2. The number of amides is 3. The van der Waals surface area contributed by atoms with E-state index >= 15 is 0 Å². The van der Waals surface area contributed by atoms with E-state index in [1.54, 1.807) is 23.1 Å². The first-order chi connectivity index (χ1) is 17.0. The van der Waals surface area contributed by atoms with E-state index < -0.39 is 0 Å². The molecule has 11 heteroatoms. The summed E-state index contributed by atoms with van der Waals surface area (Å²) < 4.78 is 0. The van der Waals surface area contributed by atoms with Gasteiger partial charge >= 0.3 is 6.03 Å². The van der Waals surface area contributed by atoms with E-state index in [2.05, 4.69) is 31.8 Å². The molecule has 2 aliphatic rings. The average Bonchev–Trinajstić information content (AvgIpc) is 3.29. The molecule has 5 rings (SSSR count). The summed E-state index contributed by atoms with van der Waals surface area (Å²) in [6.45, 7) is 4.84. The van der Waals surface area contributed by atoms with Crippen molar-refractivity contribution in [3.05, 3.63) is 58.2 Å². The Bertz CT molecular complexity index is 1230. The summed E-state index contributed by atoms with van der Waals surface area (Å²) in [5.74, 6) is 0.0751. The molecule has 35 heavy (non-hydrogen) atoms. The lowest BCUT2D eigenvalue weighted by Gasteiger charge is -2.39. The number of H-pyrrole nitrogens is 1. The third kappa shape index (κ3) is 5.38. The van der Waals surface area contributed by atoms with Gasteiger partial charge in [0.25, 0.3) is 0 Å². The number of benzene rings is 2. The molecule has 2 saturated heterocycles. The molecule has 0 unspecified atom stereocenters. The van der Waals surface area contributed by atoms with Crippen molar-refractivity contribution in [3.8, 4) is 0 Å². The Morgan fingerprint density at radius 3 is 2.57 bits per heavy atom. The van der Waals surface area contributed by atoms with Crippen LogP contribution in [0.3, 0.4) is 0 Å². The molecule has 2 aliphatic heterocycles. The molecule has 0 radical (unpaired) electrons. The molecule has 2 fully saturated rings. The fraction of sp³-hybridized carbons (Fsp3) is 0.375. The lowest BCUT2D eigenvalue weighted by molar-refractivity contribution is -0.136. The van der Waals surface area contributed by atoms with Crippen molar-refractivity contribution in [3.63, 3.8) is 0 Å². The van der Waals surface area contributed by atoms with E-state index in [0.717, 1.165) is 29.7 Å². The number of hydrogen-bond acceptors (Lipinski definition) is 5. The minimum atomic E-state index is -0.273. The maximum absolute atomic E-state index is 13.2. The largest absolute Gasteiger partial charge is 0.338 e. The van der Waals surface area contributed by atoms with Gasteiger partial charge in [0, 0.05) is 63.4 Å². The Labute approximate surface area is 213 Å². The van der Waals surface area contributed by atoms with Crippen LogP contribution < -0.4 is 10.6 Å². The first-order valence-electron chi connectivity index (χ1n) is 11.7. The van der Waals surface area contributed by atoms with Crippen LogP contribution in [0.1, 0.15) is 5.69 Å². The molecular formula is C24H27Cl2N7O2. The number of urea groups is 1. The van der Waals surface area contributed by atoms with Crippen LogP contribution in [0.5, 0.6) is 0 Å². The van der Waals surface area contributed by atoms with E-state index in [0.29, 0.717) is 55.0 Å². The van der Waals surface area contributed by atoms with Gasteiger partial charge in [-0.05, 0) is 24.3 Å². The van der Waals surface area contributed by atoms with Crippen LogP contribution in [0.4, 0.5) is 10.5 Å². The molecule has 9 nitrogen and oxygen atoms in total. The summed E-state index contributed by atoms with van der Waals surface area (Å²) in [7, 11) is 0. The van der Waals surface area contributed by atoms with Crippen LogP contribution >= 0.6 is 23.2 Å². The van der Waals surface area contributed by atoms with Gasteiger partial charge in [-0.25, -0.2) is 4.79 Å². The fourth-order valence-electron chi connectivity index (χ4n) is 4.60. The minimum Gasteiger partial charge on any atom is -0.338 e. The van der Waals surface area contributed by atoms with Gasteiger partial charge in [-0.2, -0.15) is 5.10 Å². The first kappa shape index (κ1) is 23.9. The minimum absolute atomic E-state index is 0.0751. The molecule has 0 aliphatic carbocycles. The van der Waals surface area contributed by atoms with Crippen molar-refractivity contribution >= 4 is 51.7 Å². The van der Waals surface area contributed by atoms with Gasteiger partial charge in [0.1, 0.15) is 0 Å². The number of anilines is 1. The molecular weight excluding hydrogens is 489 g/mol.